The zero-order valence-electron chi connectivity index (χ0n) is 16.6. The number of hydrogen-bond acceptors (Lipinski definition) is 4. The third kappa shape index (κ3) is 10.3. The highest BCUT2D eigenvalue weighted by atomic mass is 35.5. The van der Waals surface area contributed by atoms with Crippen molar-refractivity contribution < 1.29 is 19.1 Å². The molecule has 0 aromatic heterocycles. The van der Waals surface area contributed by atoms with E-state index in [1.807, 2.05) is 48.5 Å². The average molecular weight is 447 g/mol. The molecule has 4 nitrogen and oxygen atoms in total. The molecule has 2 aromatic rings. The molecule has 0 N–H and O–H groups in total. The molecule has 0 unspecified atom stereocenters. The number of ether oxygens (including phenoxy) is 2. The zero-order valence-corrected chi connectivity index (χ0v) is 18.1. The Labute approximate surface area is 187 Å². The molecule has 2 rings (SSSR count). The molecule has 0 aliphatic carbocycles. The summed E-state index contributed by atoms with van der Waals surface area (Å²) in [4.78, 5) is 21.4. The molecule has 6 heteroatoms. The summed E-state index contributed by atoms with van der Waals surface area (Å²) in [5.41, 5.74) is 1.79. The minimum absolute atomic E-state index is 0.493. The molecule has 0 saturated heterocycles. The Bertz CT molecular complexity index is 782. The first kappa shape index (κ1) is 23.7. The Morgan fingerprint density at radius 3 is 1.33 bits per heavy atom. The van der Waals surface area contributed by atoms with Crippen LogP contribution in [0.25, 0.3) is 12.2 Å². The highest BCUT2D eigenvalue weighted by molar-refractivity contribution is 6.67. The fourth-order valence-corrected chi connectivity index (χ4v) is 2.74. The van der Waals surface area contributed by atoms with Crippen LogP contribution < -0.4 is 9.47 Å². The third-order valence-corrected chi connectivity index (χ3v) is 4.40. The lowest BCUT2D eigenvalue weighted by atomic mass is 10.2. The molecule has 0 saturated carbocycles. The predicted octanol–water partition coefficient (Wildman–Crippen LogP) is 6.26. The minimum Gasteiger partial charge on any atom is -0.494 e. The number of benzene rings is 2. The number of unbranched alkanes of at least 4 members (excludes halogenated alkanes) is 3. The highest BCUT2D eigenvalue weighted by Gasteiger charge is 1.97. The number of carbonyl (C=O) groups is 2. The van der Waals surface area contributed by atoms with Crippen LogP contribution in [0.2, 0.25) is 0 Å². The van der Waals surface area contributed by atoms with Gasteiger partial charge in [0.1, 0.15) is 11.5 Å². The fraction of sp³-hybridized carbons (Fsp3) is 0.250. The number of allylic oxidation sites excluding steroid dienone is 2. The maximum absolute atomic E-state index is 10.7. The summed E-state index contributed by atoms with van der Waals surface area (Å²) in [5, 5.41) is -0.985. The molecule has 0 aliphatic rings. The lowest BCUT2D eigenvalue weighted by Gasteiger charge is -2.08. The Kier molecular flexibility index (Phi) is 10.8. The van der Waals surface area contributed by atoms with Gasteiger partial charge in [-0.25, -0.2) is 0 Å². The van der Waals surface area contributed by atoms with Crippen LogP contribution in [0.5, 0.6) is 11.5 Å². The van der Waals surface area contributed by atoms with Gasteiger partial charge in [0.2, 0.25) is 10.5 Å². The smallest absolute Gasteiger partial charge is 0.245 e. The molecule has 0 fully saturated rings. The van der Waals surface area contributed by atoms with E-state index in [4.69, 9.17) is 32.7 Å². The van der Waals surface area contributed by atoms with E-state index in [2.05, 4.69) is 0 Å². The van der Waals surface area contributed by atoms with Crippen LogP contribution in [0.3, 0.4) is 0 Å². The van der Waals surface area contributed by atoms with Gasteiger partial charge in [-0.3, -0.25) is 9.59 Å². The predicted molar refractivity (Wildman–Crippen MR) is 122 cm³/mol. The molecule has 0 spiro atoms. The van der Waals surface area contributed by atoms with Crippen molar-refractivity contribution in [1.82, 2.24) is 0 Å². The second-order valence-corrected chi connectivity index (χ2v) is 7.27. The first-order chi connectivity index (χ1) is 14.5. The molecule has 30 heavy (non-hydrogen) atoms. The van der Waals surface area contributed by atoms with E-state index < -0.39 is 10.5 Å². The minimum atomic E-state index is -0.493. The lowest BCUT2D eigenvalue weighted by molar-refractivity contribution is -0.108. The van der Waals surface area contributed by atoms with E-state index in [1.54, 1.807) is 12.2 Å². The van der Waals surface area contributed by atoms with Gasteiger partial charge in [-0.2, -0.15) is 0 Å². The van der Waals surface area contributed by atoms with E-state index in [1.165, 1.54) is 12.2 Å². The molecule has 2 aromatic carbocycles. The summed E-state index contributed by atoms with van der Waals surface area (Å²) in [7, 11) is 0. The number of hydrogen-bond donors (Lipinski definition) is 0. The van der Waals surface area contributed by atoms with Crippen LogP contribution in [0.1, 0.15) is 36.8 Å². The van der Waals surface area contributed by atoms with Crippen LogP contribution in [0.4, 0.5) is 0 Å². The van der Waals surface area contributed by atoms with Gasteiger partial charge in [0.25, 0.3) is 0 Å². The molecule has 0 aliphatic heterocycles. The van der Waals surface area contributed by atoms with Crippen molar-refractivity contribution in [3.8, 4) is 11.5 Å². The van der Waals surface area contributed by atoms with E-state index in [0.717, 1.165) is 48.3 Å². The molecule has 0 atom stereocenters. The van der Waals surface area contributed by atoms with Crippen LogP contribution >= 0.6 is 23.2 Å². The second kappa shape index (κ2) is 13.6. The Morgan fingerprint density at radius 1 is 0.633 bits per heavy atom. The summed E-state index contributed by atoms with van der Waals surface area (Å²) in [6.07, 6.45) is 10.1. The number of rotatable bonds is 13. The first-order valence-electron chi connectivity index (χ1n) is 9.74. The summed E-state index contributed by atoms with van der Waals surface area (Å²) in [6.45, 7) is 1.33. The SMILES string of the molecule is O=C(Cl)/C=C/c1ccc(OCCCCCCOc2ccc(/C=C/C(=O)Cl)cc2)cc1. The average Bonchev–Trinajstić information content (AvgIpc) is 2.74. The number of carbonyl (C=O) groups excluding carboxylic acids is 2. The summed E-state index contributed by atoms with van der Waals surface area (Å²) < 4.78 is 11.5. The maximum Gasteiger partial charge on any atom is 0.245 e. The van der Waals surface area contributed by atoms with E-state index in [9.17, 15) is 9.59 Å². The second-order valence-electron chi connectivity index (χ2n) is 6.52. The molecule has 0 bridgehead atoms. The van der Waals surface area contributed by atoms with Crippen LogP contribution in [0.15, 0.2) is 60.7 Å². The third-order valence-electron chi connectivity index (χ3n) is 4.15. The zero-order chi connectivity index (χ0) is 21.6. The van der Waals surface area contributed by atoms with Crippen molar-refractivity contribution in [2.45, 2.75) is 25.7 Å². The number of halogens is 2. The fourth-order valence-electron chi connectivity index (χ4n) is 2.61. The van der Waals surface area contributed by atoms with Crippen molar-refractivity contribution in [1.29, 1.82) is 0 Å². The molecule has 0 amide bonds. The van der Waals surface area contributed by atoms with Crippen molar-refractivity contribution in [2.75, 3.05) is 13.2 Å². The largest absolute Gasteiger partial charge is 0.494 e. The standard InChI is InChI=1S/C24H24Cl2O4/c25-23(27)15-9-19-5-11-21(12-6-19)29-17-3-1-2-4-18-30-22-13-7-20(8-14-22)10-16-24(26)28/h5-16H,1-4,17-18H2/b15-9+,16-10+. The van der Waals surface area contributed by atoms with Crippen molar-refractivity contribution in [3.05, 3.63) is 71.8 Å². The van der Waals surface area contributed by atoms with Crippen LogP contribution in [-0.4, -0.2) is 23.7 Å². The Balaban J connectivity index is 1.54. The quantitative estimate of drug-likeness (QED) is 0.207. The normalized spacial score (nSPS) is 11.1. The van der Waals surface area contributed by atoms with Crippen molar-refractivity contribution >= 4 is 45.8 Å². The van der Waals surface area contributed by atoms with E-state index in [-0.39, 0.29) is 0 Å². The van der Waals surface area contributed by atoms with Gasteiger partial charge in [-0.1, -0.05) is 36.4 Å². The van der Waals surface area contributed by atoms with Gasteiger partial charge in [-0.05, 0) is 96.4 Å². The van der Waals surface area contributed by atoms with Gasteiger partial charge < -0.3 is 9.47 Å². The summed E-state index contributed by atoms with van der Waals surface area (Å²) in [5.74, 6) is 1.61. The van der Waals surface area contributed by atoms with Crippen molar-refractivity contribution in [3.63, 3.8) is 0 Å². The van der Waals surface area contributed by atoms with Gasteiger partial charge in [0, 0.05) is 0 Å². The molecule has 0 radical (unpaired) electrons. The molecular weight excluding hydrogens is 423 g/mol. The first-order valence-corrected chi connectivity index (χ1v) is 10.5. The van der Waals surface area contributed by atoms with E-state index >= 15 is 0 Å². The molecule has 158 valence electrons. The highest BCUT2D eigenvalue weighted by Crippen LogP contribution is 2.16. The topological polar surface area (TPSA) is 52.6 Å². The molecule has 0 heterocycles. The van der Waals surface area contributed by atoms with Gasteiger partial charge in [-0.15, -0.1) is 0 Å². The van der Waals surface area contributed by atoms with Gasteiger partial charge in [0.05, 0.1) is 13.2 Å². The monoisotopic (exact) mass is 446 g/mol. The Morgan fingerprint density at radius 2 is 1.00 bits per heavy atom. The van der Waals surface area contributed by atoms with E-state index in [0.29, 0.717) is 13.2 Å². The van der Waals surface area contributed by atoms with Crippen LogP contribution in [0, 0.1) is 0 Å². The van der Waals surface area contributed by atoms with Crippen LogP contribution in [-0.2, 0) is 9.59 Å². The summed E-state index contributed by atoms with van der Waals surface area (Å²) in [6, 6.07) is 15.0. The maximum atomic E-state index is 10.7. The Hall–Kier alpha value is -2.56. The van der Waals surface area contributed by atoms with Gasteiger partial charge >= 0.3 is 0 Å². The van der Waals surface area contributed by atoms with Gasteiger partial charge in [0.15, 0.2) is 0 Å². The molecular formula is C24H24Cl2O4. The van der Waals surface area contributed by atoms with Crippen molar-refractivity contribution in [2.24, 2.45) is 0 Å². The summed E-state index contributed by atoms with van der Waals surface area (Å²) >= 11 is 10.5. The lowest BCUT2D eigenvalue weighted by Crippen LogP contribution is -2.00.